The average molecular weight is 411 g/mol. The van der Waals surface area contributed by atoms with Crippen molar-refractivity contribution in [2.24, 2.45) is 0 Å². The number of rotatable bonds is 7. The molecule has 5 heteroatoms. The van der Waals surface area contributed by atoms with Crippen LogP contribution in [0.5, 0.6) is 5.75 Å². The Hall–Kier alpha value is -1.60. The van der Waals surface area contributed by atoms with Crippen molar-refractivity contribution in [3.63, 3.8) is 0 Å². The largest absolute Gasteiger partial charge is 0.491 e. The lowest BCUT2D eigenvalue weighted by atomic mass is 10.2. The summed E-state index contributed by atoms with van der Waals surface area (Å²) < 4.78 is 11.7. The molecule has 2 rings (SSSR count). The zero-order valence-corrected chi connectivity index (χ0v) is 14.5. The van der Waals surface area contributed by atoms with Crippen LogP contribution in [0.25, 0.3) is 0 Å². The predicted octanol–water partition coefficient (Wildman–Crippen LogP) is 3.96. The molecule has 0 spiro atoms. The van der Waals surface area contributed by atoms with Gasteiger partial charge in [-0.3, -0.25) is 4.79 Å². The second kappa shape index (κ2) is 8.75. The number of benzene rings is 2. The molecule has 0 heterocycles. The number of hydrogen-bond donors (Lipinski definition) is 1. The Morgan fingerprint density at radius 2 is 1.95 bits per heavy atom. The maximum absolute atomic E-state index is 12.3. The molecule has 0 saturated heterocycles. The highest BCUT2D eigenvalue weighted by Gasteiger charge is 2.09. The molecule has 0 fully saturated rings. The number of nitrogens with one attached hydrogen (secondary N) is 1. The molecule has 0 bridgehead atoms. The lowest BCUT2D eigenvalue weighted by Crippen LogP contribution is -2.13. The SMILES string of the molecule is CCOCCOc1cccc(NC(=O)c2ccccc2I)c1. The number of anilines is 1. The van der Waals surface area contributed by atoms with Crippen LogP contribution in [0.1, 0.15) is 17.3 Å². The second-order valence-electron chi connectivity index (χ2n) is 4.51. The van der Waals surface area contributed by atoms with Gasteiger partial charge in [0.15, 0.2) is 0 Å². The first kappa shape index (κ1) is 16.8. The number of ether oxygens (including phenoxy) is 2. The van der Waals surface area contributed by atoms with Crippen molar-refractivity contribution in [2.45, 2.75) is 6.92 Å². The molecule has 0 aliphatic heterocycles. The molecule has 4 nitrogen and oxygen atoms in total. The minimum absolute atomic E-state index is 0.128. The fourth-order valence-corrected chi connectivity index (χ4v) is 2.50. The number of hydrogen-bond acceptors (Lipinski definition) is 3. The molecule has 116 valence electrons. The first-order valence-corrected chi connectivity index (χ1v) is 8.15. The van der Waals surface area contributed by atoms with Crippen LogP contribution in [0.15, 0.2) is 48.5 Å². The Labute approximate surface area is 144 Å². The normalized spacial score (nSPS) is 10.3. The van der Waals surface area contributed by atoms with Crippen LogP contribution >= 0.6 is 22.6 Å². The van der Waals surface area contributed by atoms with Crippen LogP contribution in [-0.4, -0.2) is 25.7 Å². The number of halogens is 1. The van der Waals surface area contributed by atoms with Crippen LogP contribution in [0.4, 0.5) is 5.69 Å². The van der Waals surface area contributed by atoms with Gasteiger partial charge in [-0.15, -0.1) is 0 Å². The first-order valence-electron chi connectivity index (χ1n) is 7.07. The van der Waals surface area contributed by atoms with Crippen LogP contribution in [-0.2, 0) is 4.74 Å². The van der Waals surface area contributed by atoms with Gasteiger partial charge in [0, 0.05) is 21.9 Å². The average Bonchev–Trinajstić information content (AvgIpc) is 2.52. The summed E-state index contributed by atoms with van der Waals surface area (Å²) in [5, 5.41) is 2.89. The van der Waals surface area contributed by atoms with E-state index in [0.717, 1.165) is 3.57 Å². The summed E-state index contributed by atoms with van der Waals surface area (Å²) in [5.41, 5.74) is 1.37. The number of amides is 1. The highest BCUT2D eigenvalue weighted by Crippen LogP contribution is 2.19. The monoisotopic (exact) mass is 411 g/mol. The molecule has 1 amide bonds. The van der Waals surface area contributed by atoms with E-state index in [1.165, 1.54) is 0 Å². The Bertz CT molecular complexity index is 631. The fraction of sp³-hybridized carbons (Fsp3) is 0.235. The van der Waals surface area contributed by atoms with Gasteiger partial charge < -0.3 is 14.8 Å². The fourth-order valence-electron chi connectivity index (χ4n) is 1.87. The summed E-state index contributed by atoms with van der Waals surface area (Å²) in [4.78, 5) is 12.3. The van der Waals surface area contributed by atoms with Crippen molar-refractivity contribution in [3.8, 4) is 5.75 Å². The third kappa shape index (κ3) is 4.99. The highest BCUT2D eigenvalue weighted by molar-refractivity contribution is 14.1. The number of carbonyl (C=O) groups excluding carboxylic acids is 1. The molecule has 22 heavy (non-hydrogen) atoms. The molecular weight excluding hydrogens is 393 g/mol. The molecule has 0 unspecified atom stereocenters. The third-order valence-electron chi connectivity index (χ3n) is 2.91. The van der Waals surface area contributed by atoms with Gasteiger partial charge in [-0.25, -0.2) is 0 Å². The summed E-state index contributed by atoms with van der Waals surface area (Å²) >= 11 is 2.15. The van der Waals surface area contributed by atoms with Crippen molar-refractivity contribution in [2.75, 3.05) is 25.1 Å². The van der Waals surface area contributed by atoms with E-state index < -0.39 is 0 Å². The lowest BCUT2D eigenvalue weighted by Gasteiger charge is -2.10. The van der Waals surface area contributed by atoms with E-state index in [0.29, 0.717) is 36.8 Å². The van der Waals surface area contributed by atoms with Crippen molar-refractivity contribution < 1.29 is 14.3 Å². The summed E-state index contributed by atoms with van der Waals surface area (Å²) in [5.74, 6) is 0.580. The molecule has 1 N–H and O–H groups in total. The van der Waals surface area contributed by atoms with Gasteiger partial charge in [0.05, 0.1) is 12.2 Å². The number of carbonyl (C=O) groups is 1. The van der Waals surface area contributed by atoms with E-state index >= 15 is 0 Å². The van der Waals surface area contributed by atoms with Crippen LogP contribution < -0.4 is 10.1 Å². The van der Waals surface area contributed by atoms with Crippen LogP contribution in [0.3, 0.4) is 0 Å². The van der Waals surface area contributed by atoms with E-state index in [1.54, 1.807) is 12.1 Å². The molecule has 2 aromatic rings. The second-order valence-corrected chi connectivity index (χ2v) is 5.67. The van der Waals surface area contributed by atoms with E-state index in [4.69, 9.17) is 9.47 Å². The molecule has 0 aromatic heterocycles. The van der Waals surface area contributed by atoms with Gasteiger partial charge >= 0.3 is 0 Å². The van der Waals surface area contributed by atoms with E-state index in [2.05, 4.69) is 27.9 Å². The zero-order chi connectivity index (χ0) is 15.8. The maximum Gasteiger partial charge on any atom is 0.256 e. The van der Waals surface area contributed by atoms with Crippen molar-refractivity contribution in [1.29, 1.82) is 0 Å². The first-order chi connectivity index (χ1) is 10.7. The van der Waals surface area contributed by atoms with Gasteiger partial charge in [0.25, 0.3) is 5.91 Å². The summed E-state index contributed by atoms with van der Waals surface area (Å²) in [7, 11) is 0. The van der Waals surface area contributed by atoms with Crippen molar-refractivity contribution >= 4 is 34.2 Å². The molecule has 0 aliphatic rings. The summed E-state index contributed by atoms with van der Waals surface area (Å²) in [6, 6.07) is 14.8. The topological polar surface area (TPSA) is 47.6 Å². The smallest absolute Gasteiger partial charge is 0.256 e. The van der Waals surface area contributed by atoms with Gasteiger partial charge in [-0.1, -0.05) is 18.2 Å². The minimum atomic E-state index is -0.128. The Morgan fingerprint density at radius 3 is 2.73 bits per heavy atom. The van der Waals surface area contributed by atoms with Crippen molar-refractivity contribution in [1.82, 2.24) is 0 Å². The van der Waals surface area contributed by atoms with E-state index in [-0.39, 0.29) is 5.91 Å². The van der Waals surface area contributed by atoms with Gasteiger partial charge in [-0.05, 0) is 53.8 Å². The molecule has 0 atom stereocenters. The summed E-state index contributed by atoms with van der Waals surface area (Å²) in [6.45, 7) is 3.66. The lowest BCUT2D eigenvalue weighted by molar-refractivity contribution is 0.102. The molecule has 2 aromatic carbocycles. The van der Waals surface area contributed by atoms with Gasteiger partial charge in [0.1, 0.15) is 12.4 Å². The molecular formula is C17H18INO3. The van der Waals surface area contributed by atoms with Crippen molar-refractivity contribution in [3.05, 3.63) is 57.7 Å². The van der Waals surface area contributed by atoms with Gasteiger partial charge in [0.2, 0.25) is 0 Å². The molecule has 0 radical (unpaired) electrons. The van der Waals surface area contributed by atoms with E-state index in [1.807, 2.05) is 43.3 Å². The maximum atomic E-state index is 12.3. The van der Waals surface area contributed by atoms with Crippen LogP contribution in [0.2, 0.25) is 0 Å². The minimum Gasteiger partial charge on any atom is -0.491 e. The van der Waals surface area contributed by atoms with E-state index in [9.17, 15) is 4.79 Å². The quantitative estimate of drug-likeness (QED) is 0.555. The highest BCUT2D eigenvalue weighted by atomic mass is 127. The summed E-state index contributed by atoms with van der Waals surface area (Å²) in [6.07, 6.45) is 0. The van der Waals surface area contributed by atoms with Gasteiger partial charge in [-0.2, -0.15) is 0 Å². The zero-order valence-electron chi connectivity index (χ0n) is 12.3. The Morgan fingerprint density at radius 1 is 1.14 bits per heavy atom. The Balaban J connectivity index is 1.98. The predicted molar refractivity (Wildman–Crippen MR) is 95.5 cm³/mol. The molecule has 0 saturated carbocycles. The third-order valence-corrected chi connectivity index (χ3v) is 3.85. The standard InChI is InChI=1S/C17H18INO3/c1-2-21-10-11-22-14-7-5-6-13(12-14)19-17(20)15-8-3-4-9-16(15)18/h3-9,12H,2,10-11H2,1H3,(H,19,20). The Kier molecular flexibility index (Phi) is 6.67. The van der Waals surface area contributed by atoms with Crippen LogP contribution in [0, 0.1) is 3.57 Å². The molecule has 0 aliphatic carbocycles.